The van der Waals surface area contributed by atoms with Gasteiger partial charge in [-0.25, -0.2) is 0 Å². The molecular formula is C22H17ClN2O2. The minimum Gasteiger partial charge on any atom is -0.457 e. The van der Waals surface area contributed by atoms with Crippen LogP contribution in [0, 0.1) is 25.2 Å². The maximum absolute atomic E-state index is 12.5. The third kappa shape index (κ3) is 4.28. The molecule has 0 aliphatic carbocycles. The van der Waals surface area contributed by atoms with Gasteiger partial charge in [-0.3, -0.25) is 4.79 Å². The fourth-order valence-electron chi connectivity index (χ4n) is 2.59. The molecule has 1 heterocycles. The molecule has 0 aliphatic rings. The first kappa shape index (κ1) is 18.5. The summed E-state index contributed by atoms with van der Waals surface area (Å²) in [6, 6.07) is 18.4. The number of nitrogens with zero attached hydrogens (tertiary/aromatic N) is 1. The van der Waals surface area contributed by atoms with Crippen LogP contribution in [0.25, 0.3) is 17.4 Å². The van der Waals surface area contributed by atoms with E-state index in [1.54, 1.807) is 18.2 Å². The highest BCUT2D eigenvalue weighted by atomic mass is 35.5. The molecule has 3 rings (SSSR count). The van der Waals surface area contributed by atoms with Crippen LogP contribution in [0.3, 0.4) is 0 Å². The van der Waals surface area contributed by atoms with Gasteiger partial charge in [-0.1, -0.05) is 35.9 Å². The topological polar surface area (TPSA) is 66.0 Å². The number of carbonyl (C=O) groups excluding carboxylic acids is 1. The highest BCUT2D eigenvalue weighted by Gasteiger charge is 2.13. The van der Waals surface area contributed by atoms with E-state index in [2.05, 4.69) is 5.32 Å². The molecule has 0 saturated carbocycles. The SMILES string of the molecule is Cc1ccc(C)c(NC(=O)/C(C#N)=C/c2ccc(-c3ccccc3Cl)o2)c1. The second-order valence-electron chi connectivity index (χ2n) is 6.12. The van der Waals surface area contributed by atoms with Crippen molar-refractivity contribution in [2.24, 2.45) is 0 Å². The molecule has 4 nitrogen and oxygen atoms in total. The van der Waals surface area contributed by atoms with Crippen LogP contribution >= 0.6 is 11.6 Å². The van der Waals surface area contributed by atoms with Crippen molar-refractivity contribution in [1.82, 2.24) is 0 Å². The molecule has 0 fully saturated rings. The summed E-state index contributed by atoms with van der Waals surface area (Å²) in [7, 11) is 0. The lowest BCUT2D eigenvalue weighted by Crippen LogP contribution is -2.14. The van der Waals surface area contributed by atoms with Crippen LogP contribution in [0.1, 0.15) is 16.9 Å². The molecule has 5 heteroatoms. The fraction of sp³-hybridized carbons (Fsp3) is 0.0909. The molecular weight excluding hydrogens is 360 g/mol. The maximum Gasteiger partial charge on any atom is 0.266 e. The van der Waals surface area contributed by atoms with Gasteiger partial charge in [-0.05, 0) is 55.3 Å². The van der Waals surface area contributed by atoms with Crippen LogP contribution < -0.4 is 5.32 Å². The Balaban J connectivity index is 1.84. The molecule has 1 amide bonds. The first-order valence-corrected chi connectivity index (χ1v) is 8.71. The van der Waals surface area contributed by atoms with Crippen LogP contribution in [-0.4, -0.2) is 5.91 Å². The predicted octanol–water partition coefficient (Wildman–Crippen LogP) is 5.76. The monoisotopic (exact) mass is 376 g/mol. The zero-order valence-electron chi connectivity index (χ0n) is 14.9. The summed E-state index contributed by atoms with van der Waals surface area (Å²) in [5, 5.41) is 12.7. The summed E-state index contributed by atoms with van der Waals surface area (Å²) in [5.41, 5.74) is 3.32. The quantitative estimate of drug-likeness (QED) is 0.464. The molecule has 0 spiro atoms. The van der Waals surface area contributed by atoms with Crippen LogP contribution in [0.15, 0.2) is 64.6 Å². The van der Waals surface area contributed by atoms with Gasteiger partial charge in [0.05, 0.1) is 5.02 Å². The fourth-order valence-corrected chi connectivity index (χ4v) is 2.82. The lowest BCUT2D eigenvalue weighted by Gasteiger charge is -2.08. The number of halogens is 1. The molecule has 1 N–H and O–H groups in total. The summed E-state index contributed by atoms with van der Waals surface area (Å²) >= 11 is 6.18. The van der Waals surface area contributed by atoms with E-state index in [1.807, 2.05) is 56.3 Å². The van der Waals surface area contributed by atoms with E-state index in [0.717, 1.165) is 16.7 Å². The van der Waals surface area contributed by atoms with E-state index >= 15 is 0 Å². The number of furan rings is 1. The average Bonchev–Trinajstić information content (AvgIpc) is 3.11. The van der Waals surface area contributed by atoms with Gasteiger partial charge in [0.15, 0.2) is 0 Å². The van der Waals surface area contributed by atoms with E-state index in [1.165, 1.54) is 6.08 Å². The number of hydrogen-bond acceptors (Lipinski definition) is 3. The third-order valence-corrected chi connectivity index (χ3v) is 4.39. The second-order valence-corrected chi connectivity index (χ2v) is 6.53. The summed E-state index contributed by atoms with van der Waals surface area (Å²) in [6.45, 7) is 3.84. The Morgan fingerprint density at radius 3 is 2.67 bits per heavy atom. The number of benzene rings is 2. The van der Waals surface area contributed by atoms with E-state index in [0.29, 0.717) is 22.2 Å². The summed E-state index contributed by atoms with van der Waals surface area (Å²) < 4.78 is 5.73. The van der Waals surface area contributed by atoms with Gasteiger partial charge in [0.1, 0.15) is 23.2 Å². The first-order valence-electron chi connectivity index (χ1n) is 8.33. The van der Waals surface area contributed by atoms with Crippen molar-refractivity contribution in [1.29, 1.82) is 5.26 Å². The number of amides is 1. The lowest BCUT2D eigenvalue weighted by molar-refractivity contribution is -0.112. The van der Waals surface area contributed by atoms with Gasteiger partial charge in [0, 0.05) is 17.3 Å². The standard InChI is InChI=1S/C22H17ClN2O2/c1-14-7-8-15(2)20(11-14)25-22(26)16(13-24)12-17-9-10-21(27-17)18-5-3-4-6-19(18)23/h3-12H,1-2H3,(H,25,26)/b16-12+. The van der Waals surface area contributed by atoms with Gasteiger partial charge in [-0.2, -0.15) is 5.26 Å². The van der Waals surface area contributed by atoms with Crippen LogP contribution in [0.5, 0.6) is 0 Å². The molecule has 134 valence electrons. The summed E-state index contributed by atoms with van der Waals surface area (Å²) in [5.74, 6) is 0.485. The van der Waals surface area contributed by atoms with Gasteiger partial charge in [0.2, 0.25) is 0 Å². The molecule has 0 unspecified atom stereocenters. The molecule has 1 aromatic heterocycles. The van der Waals surface area contributed by atoms with Crippen molar-refractivity contribution in [3.63, 3.8) is 0 Å². The number of hydrogen-bond donors (Lipinski definition) is 1. The Morgan fingerprint density at radius 2 is 1.93 bits per heavy atom. The molecule has 3 aromatic rings. The largest absolute Gasteiger partial charge is 0.457 e. The highest BCUT2D eigenvalue weighted by molar-refractivity contribution is 6.33. The summed E-state index contributed by atoms with van der Waals surface area (Å²) in [6.07, 6.45) is 1.42. The highest BCUT2D eigenvalue weighted by Crippen LogP contribution is 2.29. The van der Waals surface area contributed by atoms with E-state index in [4.69, 9.17) is 16.0 Å². The Morgan fingerprint density at radius 1 is 1.15 bits per heavy atom. The third-order valence-electron chi connectivity index (χ3n) is 4.06. The van der Waals surface area contributed by atoms with Crippen molar-refractivity contribution in [3.8, 4) is 17.4 Å². The molecule has 0 atom stereocenters. The normalized spacial score (nSPS) is 11.1. The second kappa shape index (κ2) is 7.94. The van der Waals surface area contributed by atoms with Crippen molar-refractivity contribution >= 4 is 29.3 Å². The van der Waals surface area contributed by atoms with Crippen LogP contribution in [0.4, 0.5) is 5.69 Å². The number of aryl methyl sites for hydroxylation is 2. The van der Waals surface area contributed by atoms with Crippen LogP contribution in [-0.2, 0) is 4.79 Å². The Hall–Kier alpha value is -3.29. The van der Waals surface area contributed by atoms with Gasteiger partial charge in [0.25, 0.3) is 5.91 Å². The molecule has 0 saturated heterocycles. The van der Waals surface area contributed by atoms with Gasteiger partial charge in [-0.15, -0.1) is 0 Å². The lowest BCUT2D eigenvalue weighted by atomic mass is 10.1. The van der Waals surface area contributed by atoms with Crippen molar-refractivity contribution < 1.29 is 9.21 Å². The van der Waals surface area contributed by atoms with E-state index in [9.17, 15) is 10.1 Å². The minimum atomic E-state index is -0.484. The maximum atomic E-state index is 12.5. The molecule has 0 bridgehead atoms. The van der Waals surface area contributed by atoms with E-state index in [-0.39, 0.29) is 5.57 Å². The molecule has 0 aliphatic heterocycles. The molecule has 27 heavy (non-hydrogen) atoms. The Kier molecular flexibility index (Phi) is 5.44. The molecule has 0 radical (unpaired) electrons. The van der Waals surface area contributed by atoms with Crippen molar-refractivity contribution in [2.75, 3.05) is 5.32 Å². The summed E-state index contributed by atoms with van der Waals surface area (Å²) in [4.78, 5) is 12.5. The number of carbonyl (C=O) groups is 1. The zero-order valence-corrected chi connectivity index (χ0v) is 15.7. The predicted molar refractivity (Wildman–Crippen MR) is 107 cm³/mol. The number of nitriles is 1. The smallest absolute Gasteiger partial charge is 0.266 e. The average molecular weight is 377 g/mol. The van der Waals surface area contributed by atoms with Gasteiger partial charge >= 0.3 is 0 Å². The Bertz CT molecular complexity index is 1070. The number of anilines is 1. The van der Waals surface area contributed by atoms with Crippen LogP contribution in [0.2, 0.25) is 5.02 Å². The first-order chi connectivity index (χ1) is 13.0. The minimum absolute atomic E-state index is 0.0454. The number of nitrogens with one attached hydrogen (secondary N) is 1. The van der Waals surface area contributed by atoms with Crippen molar-refractivity contribution in [3.05, 3.63) is 82.1 Å². The van der Waals surface area contributed by atoms with Gasteiger partial charge < -0.3 is 9.73 Å². The van der Waals surface area contributed by atoms with Crippen molar-refractivity contribution in [2.45, 2.75) is 13.8 Å². The Labute approximate surface area is 162 Å². The molecule has 2 aromatic carbocycles. The zero-order chi connectivity index (χ0) is 19.4. The number of rotatable bonds is 4. The van der Waals surface area contributed by atoms with E-state index < -0.39 is 5.91 Å².